The van der Waals surface area contributed by atoms with Crippen molar-refractivity contribution in [2.75, 3.05) is 0 Å². The van der Waals surface area contributed by atoms with Crippen molar-refractivity contribution in [3.63, 3.8) is 0 Å². The summed E-state index contributed by atoms with van der Waals surface area (Å²) in [7, 11) is 0. The van der Waals surface area contributed by atoms with E-state index >= 15 is 0 Å². The Labute approximate surface area is 84.4 Å². The van der Waals surface area contributed by atoms with Crippen LogP contribution in [-0.4, -0.2) is 29.1 Å². The lowest BCUT2D eigenvalue weighted by atomic mass is 10.0. The largest absolute Gasteiger partial charge is 0.478 e. The van der Waals surface area contributed by atoms with Gasteiger partial charge in [-0.1, -0.05) is 6.08 Å². The highest BCUT2D eigenvalue weighted by Crippen LogP contribution is 2.48. The molecule has 0 aliphatic heterocycles. The second kappa shape index (κ2) is 4.30. The van der Waals surface area contributed by atoms with Gasteiger partial charge in [0.25, 0.3) is 0 Å². The van der Waals surface area contributed by atoms with Gasteiger partial charge in [0, 0.05) is 12.5 Å². The van der Waals surface area contributed by atoms with Gasteiger partial charge in [-0.05, 0) is 0 Å². The van der Waals surface area contributed by atoms with Crippen LogP contribution in [0.1, 0.15) is 6.42 Å². The number of carboxylic acids is 1. The van der Waals surface area contributed by atoms with Crippen molar-refractivity contribution < 1.29 is 40.6 Å². The van der Waals surface area contributed by atoms with Crippen LogP contribution in [-0.2, 0) is 4.79 Å². The Morgan fingerprint density at radius 3 is 1.62 bits per heavy atom. The second-order valence-corrected chi connectivity index (χ2v) is 2.74. The molecule has 0 aromatic carbocycles. The molecule has 16 heavy (non-hydrogen) atoms. The fourth-order valence-corrected chi connectivity index (χ4v) is 0.714. The van der Waals surface area contributed by atoms with Gasteiger partial charge < -0.3 is 5.11 Å². The molecule has 0 aromatic rings. The molecule has 0 atom stereocenters. The maximum absolute atomic E-state index is 12.8. The molecule has 0 heterocycles. The van der Waals surface area contributed by atoms with Crippen molar-refractivity contribution in [3.8, 4) is 0 Å². The van der Waals surface area contributed by atoms with Gasteiger partial charge in [0.2, 0.25) is 0 Å². The Kier molecular flexibility index (Phi) is 3.96. The van der Waals surface area contributed by atoms with Gasteiger partial charge in [-0.15, -0.1) is 0 Å². The van der Waals surface area contributed by atoms with E-state index in [-0.39, 0.29) is 12.2 Å². The zero-order valence-electron chi connectivity index (χ0n) is 7.36. The summed E-state index contributed by atoms with van der Waals surface area (Å²) in [6.45, 7) is 0. The Balaban J connectivity index is 5.06. The Morgan fingerprint density at radius 2 is 1.38 bits per heavy atom. The molecule has 0 unspecified atom stereocenters. The fourth-order valence-electron chi connectivity index (χ4n) is 0.714. The standard InChI is InChI=1S/C7H5F7O2/c8-5(6(9,10)11,7(12,13)14)3-1-2-4(15)16/h1-2H,3H2,(H,15,16). The Hall–Kier alpha value is -1.28. The van der Waals surface area contributed by atoms with Gasteiger partial charge in [0.1, 0.15) is 0 Å². The summed E-state index contributed by atoms with van der Waals surface area (Å²) >= 11 is 0. The zero-order valence-corrected chi connectivity index (χ0v) is 7.36. The minimum Gasteiger partial charge on any atom is -0.478 e. The summed E-state index contributed by atoms with van der Waals surface area (Å²) in [5.74, 6) is -1.77. The third-order valence-electron chi connectivity index (χ3n) is 1.56. The van der Waals surface area contributed by atoms with E-state index in [1.165, 1.54) is 0 Å². The molecular weight excluding hydrogens is 249 g/mol. The van der Waals surface area contributed by atoms with Crippen LogP contribution in [0.3, 0.4) is 0 Å². The average molecular weight is 254 g/mol. The molecule has 1 N–H and O–H groups in total. The van der Waals surface area contributed by atoms with Crippen LogP contribution in [0.25, 0.3) is 0 Å². The first-order valence-electron chi connectivity index (χ1n) is 3.63. The van der Waals surface area contributed by atoms with Crippen molar-refractivity contribution in [2.45, 2.75) is 24.4 Å². The van der Waals surface area contributed by atoms with Crippen LogP contribution in [0.15, 0.2) is 12.2 Å². The molecule has 0 saturated heterocycles. The van der Waals surface area contributed by atoms with E-state index in [1.54, 1.807) is 0 Å². The zero-order chi connectivity index (χ0) is 13.2. The number of alkyl halides is 7. The van der Waals surface area contributed by atoms with Crippen molar-refractivity contribution in [2.24, 2.45) is 0 Å². The van der Waals surface area contributed by atoms with E-state index < -0.39 is 30.4 Å². The second-order valence-electron chi connectivity index (χ2n) is 2.74. The van der Waals surface area contributed by atoms with Crippen LogP contribution in [0.4, 0.5) is 30.7 Å². The molecule has 0 rings (SSSR count). The fraction of sp³-hybridized carbons (Fsp3) is 0.571. The number of halogens is 7. The van der Waals surface area contributed by atoms with E-state index in [9.17, 15) is 35.5 Å². The third kappa shape index (κ3) is 3.11. The molecular formula is C7H5F7O2. The maximum Gasteiger partial charge on any atom is 0.431 e. The molecule has 0 radical (unpaired) electrons. The molecule has 0 bridgehead atoms. The molecule has 0 spiro atoms. The number of allylic oxidation sites excluding steroid dienone is 1. The van der Waals surface area contributed by atoms with Crippen molar-refractivity contribution >= 4 is 5.97 Å². The predicted molar refractivity (Wildman–Crippen MR) is 37.3 cm³/mol. The van der Waals surface area contributed by atoms with Gasteiger partial charge in [-0.3, -0.25) is 0 Å². The molecule has 0 aliphatic rings. The summed E-state index contributed by atoms with van der Waals surface area (Å²) < 4.78 is 83.9. The van der Waals surface area contributed by atoms with Gasteiger partial charge in [0.15, 0.2) is 0 Å². The van der Waals surface area contributed by atoms with Crippen molar-refractivity contribution in [1.29, 1.82) is 0 Å². The smallest absolute Gasteiger partial charge is 0.431 e. The number of rotatable bonds is 3. The Bertz CT molecular complexity index is 274. The highest BCUT2D eigenvalue weighted by molar-refractivity contribution is 5.79. The Morgan fingerprint density at radius 1 is 1.00 bits per heavy atom. The number of carboxylic acid groups (broad SMARTS) is 1. The van der Waals surface area contributed by atoms with Crippen molar-refractivity contribution in [1.82, 2.24) is 0 Å². The molecule has 0 aliphatic carbocycles. The lowest BCUT2D eigenvalue weighted by Gasteiger charge is -2.28. The highest BCUT2D eigenvalue weighted by atomic mass is 19.4. The molecule has 0 amide bonds. The van der Waals surface area contributed by atoms with Crippen LogP contribution in [0.2, 0.25) is 0 Å². The number of hydrogen-bond acceptors (Lipinski definition) is 1. The SMILES string of the molecule is O=C(O)C=CCC(F)(C(F)(F)F)C(F)(F)F. The van der Waals surface area contributed by atoms with E-state index in [4.69, 9.17) is 5.11 Å². The van der Waals surface area contributed by atoms with Gasteiger partial charge >= 0.3 is 24.0 Å². The van der Waals surface area contributed by atoms with E-state index in [0.717, 1.165) is 0 Å². The summed E-state index contributed by atoms with van der Waals surface area (Å²) in [6, 6.07) is 0. The van der Waals surface area contributed by atoms with E-state index in [2.05, 4.69) is 0 Å². The van der Waals surface area contributed by atoms with Gasteiger partial charge in [-0.25, -0.2) is 9.18 Å². The number of hydrogen-bond donors (Lipinski definition) is 1. The van der Waals surface area contributed by atoms with Crippen molar-refractivity contribution in [3.05, 3.63) is 12.2 Å². The number of carbonyl (C=O) groups is 1. The molecule has 2 nitrogen and oxygen atoms in total. The van der Waals surface area contributed by atoms with Crippen LogP contribution < -0.4 is 0 Å². The first kappa shape index (κ1) is 14.7. The lowest BCUT2D eigenvalue weighted by Crippen LogP contribution is -2.52. The minimum absolute atomic E-state index is 0.00576. The summed E-state index contributed by atoms with van der Waals surface area (Å²) in [5.41, 5.74) is -5.44. The van der Waals surface area contributed by atoms with Gasteiger partial charge in [-0.2, -0.15) is 26.3 Å². The number of aliphatic carboxylic acids is 1. The minimum atomic E-state index is -6.16. The lowest BCUT2D eigenvalue weighted by molar-refractivity contribution is -0.340. The average Bonchev–Trinajstić information content (AvgIpc) is 1.98. The summed E-state index contributed by atoms with van der Waals surface area (Å²) in [5, 5.41) is 7.94. The van der Waals surface area contributed by atoms with Crippen LogP contribution in [0.5, 0.6) is 0 Å². The van der Waals surface area contributed by atoms with Crippen LogP contribution >= 0.6 is 0 Å². The molecule has 9 heteroatoms. The first-order valence-corrected chi connectivity index (χ1v) is 3.63. The topological polar surface area (TPSA) is 37.3 Å². The van der Waals surface area contributed by atoms with E-state index in [0.29, 0.717) is 0 Å². The predicted octanol–water partition coefficient (Wildman–Crippen LogP) is 2.85. The summed E-state index contributed by atoms with van der Waals surface area (Å²) in [4.78, 5) is 9.81. The summed E-state index contributed by atoms with van der Waals surface area (Å²) in [6.07, 6.45) is -14.5. The highest BCUT2D eigenvalue weighted by Gasteiger charge is 2.71. The quantitative estimate of drug-likeness (QED) is 0.621. The third-order valence-corrected chi connectivity index (χ3v) is 1.56. The van der Waals surface area contributed by atoms with E-state index in [1.807, 2.05) is 0 Å². The van der Waals surface area contributed by atoms with Crippen LogP contribution in [0, 0.1) is 0 Å². The molecule has 0 saturated carbocycles. The normalized spacial score (nSPS) is 14.4. The molecule has 94 valence electrons. The molecule has 0 aromatic heterocycles. The maximum atomic E-state index is 12.8. The molecule has 0 fully saturated rings. The van der Waals surface area contributed by atoms with Gasteiger partial charge in [0.05, 0.1) is 0 Å². The monoisotopic (exact) mass is 254 g/mol. The first-order chi connectivity index (χ1) is 6.92.